The van der Waals surface area contributed by atoms with E-state index in [9.17, 15) is 0 Å². The average molecular weight is 291 g/mol. The first-order valence-corrected chi connectivity index (χ1v) is 8.27. The van der Waals surface area contributed by atoms with Gasteiger partial charge in [-0.25, -0.2) is 4.98 Å². The first-order chi connectivity index (χ1) is 9.85. The van der Waals surface area contributed by atoms with Gasteiger partial charge in [-0.2, -0.15) is 0 Å². The van der Waals surface area contributed by atoms with Crippen molar-refractivity contribution in [2.45, 2.75) is 60.4 Å². The Morgan fingerprint density at radius 2 is 1.86 bits per heavy atom. The minimum atomic E-state index is 0.276. The fourth-order valence-electron chi connectivity index (χ4n) is 2.52. The van der Waals surface area contributed by atoms with E-state index in [-0.39, 0.29) is 5.41 Å². The molecule has 21 heavy (non-hydrogen) atoms. The number of nitrogens with one attached hydrogen (secondary N) is 1. The van der Waals surface area contributed by atoms with Gasteiger partial charge in [-0.1, -0.05) is 41.0 Å². The van der Waals surface area contributed by atoms with Crippen molar-refractivity contribution in [1.82, 2.24) is 10.3 Å². The highest BCUT2D eigenvalue weighted by molar-refractivity contribution is 5.42. The average Bonchev–Trinajstić information content (AvgIpc) is 2.37. The maximum Gasteiger partial charge on any atom is 0.128 e. The maximum atomic E-state index is 4.83. The number of hydrogen-bond acceptors (Lipinski definition) is 3. The lowest BCUT2D eigenvalue weighted by atomic mass is 9.96. The van der Waals surface area contributed by atoms with E-state index >= 15 is 0 Å². The van der Waals surface area contributed by atoms with Crippen LogP contribution in [0.2, 0.25) is 0 Å². The lowest BCUT2D eigenvalue weighted by Crippen LogP contribution is -2.30. The zero-order valence-corrected chi connectivity index (χ0v) is 14.8. The molecule has 0 spiro atoms. The number of hydrogen-bond donors (Lipinski definition) is 1. The Kier molecular flexibility index (Phi) is 7.16. The highest BCUT2D eigenvalue weighted by Crippen LogP contribution is 2.21. The second-order valence-corrected chi connectivity index (χ2v) is 7.17. The van der Waals surface area contributed by atoms with Gasteiger partial charge >= 0.3 is 0 Å². The summed E-state index contributed by atoms with van der Waals surface area (Å²) in [5.74, 6) is 1.10. The van der Waals surface area contributed by atoms with Crippen LogP contribution in [0.5, 0.6) is 0 Å². The van der Waals surface area contributed by atoms with Crippen molar-refractivity contribution in [3.63, 3.8) is 0 Å². The van der Waals surface area contributed by atoms with Gasteiger partial charge in [0.25, 0.3) is 0 Å². The highest BCUT2D eigenvalue weighted by atomic mass is 15.2. The number of aryl methyl sites for hydroxylation is 1. The van der Waals surface area contributed by atoms with Crippen LogP contribution in [0.4, 0.5) is 5.82 Å². The van der Waals surface area contributed by atoms with Crippen molar-refractivity contribution in [3.05, 3.63) is 23.4 Å². The number of pyridine rings is 1. The summed E-state index contributed by atoms with van der Waals surface area (Å²) in [5, 5.41) is 3.49. The number of anilines is 1. The van der Waals surface area contributed by atoms with E-state index in [0.717, 1.165) is 38.3 Å². The van der Waals surface area contributed by atoms with Crippen molar-refractivity contribution in [2.75, 3.05) is 25.0 Å². The molecule has 120 valence electrons. The van der Waals surface area contributed by atoms with Gasteiger partial charge in [-0.15, -0.1) is 0 Å². The molecule has 0 fully saturated rings. The minimum absolute atomic E-state index is 0.276. The van der Waals surface area contributed by atoms with Crippen LogP contribution < -0.4 is 10.2 Å². The fourth-order valence-corrected chi connectivity index (χ4v) is 2.52. The minimum Gasteiger partial charge on any atom is -0.359 e. The maximum absolute atomic E-state index is 4.83. The Morgan fingerprint density at radius 3 is 2.43 bits per heavy atom. The van der Waals surface area contributed by atoms with Crippen molar-refractivity contribution < 1.29 is 0 Å². The molecule has 0 saturated carbocycles. The molecule has 1 heterocycles. The van der Waals surface area contributed by atoms with Gasteiger partial charge in [-0.05, 0) is 42.5 Å². The molecular weight excluding hydrogens is 258 g/mol. The Hall–Kier alpha value is -1.09. The van der Waals surface area contributed by atoms with Crippen molar-refractivity contribution >= 4 is 5.82 Å². The highest BCUT2D eigenvalue weighted by Gasteiger charge is 2.15. The van der Waals surface area contributed by atoms with Crippen LogP contribution in [0.15, 0.2) is 12.1 Å². The zero-order valence-electron chi connectivity index (χ0n) is 14.8. The lowest BCUT2D eigenvalue weighted by Gasteiger charge is -2.28. The third kappa shape index (κ3) is 6.94. The topological polar surface area (TPSA) is 28.2 Å². The van der Waals surface area contributed by atoms with Gasteiger partial charge in [0.15, 0.2) is 0 Å². The van der Waals surface area contributed by atoms with E-state index in [1.54, 1.807) is 0 Å². The van der Waals surface area contributed by atoms with Crippen LogP contribution in [-0.4, -0.2) is 25.1 Å². The normalized spacial score (nSPS) is 11.7. The third-order valence-electron chi connectivity index (χ3n) is 3.29. The molecule has 0 unspecified atom stereocenters. The summed E-state index contributed by atoms with van der Waals surface area (Å²) in [5.41, 5.74) is 2.83. The molecule has 1 rings (SSSR count). The Labute approximate surface area is 131 Å². The quantitative estimate of drug-likeness (QED) is 0.733. The molecule has 1 aromatic rings. The first kappa shape index (κ1) is 18.0. The van der Waals surface area contributed by atoms with Crippen molar-refractivity contribution in [3.8, 4) is 0 Å². The summed E-state index contributed by atoms with van der Waals surface area (Å²) in [6.07, 6.45) is 3.36. The van der Waals surface area contributed by atoms with E-state index < -0.39 is 0 Å². The van der Waals surface area contributed by atoms with E-state index in [2.05, 4.69) is 64.0 Å². The molecule has 3 nitrogen and oxygen atoms in total. The van der Waals surface area contributed by atoms with Crippen molar-refractivity contribution in [1.29, 1.82) is 0 Å². The molecule has 0 atom stereocenters. The predicted molar refractivity (Wildman–Crippen MR) is 93.0 cm³/mol. The Balaban J connectivity index is 2.90. The second kappa shape index (κ2) is 8.38. The van der Waals surface area contributed by atoms with Crippen LogP contribution in [0.1, 0.15) is 58.7 Å². The van der Waals surface area contributed by atoms with Crippen LogP contribution in [0.25, 0.3) is 0 Å². The monoisotopic (exact) mass is 291 g/mol. The summed E-state index contributed by atoms with van der Waals surface area (Å²) in [6, 6.07) is 4.48. The molecule has 1 N–H and O–H groups in total. The predicted octanol–water partition coefficient (Wildman–Crippen LogP) is 4.02. The first-order valence-electron chi connectivity index (χ1n) is 8.27. The number of rotatable bonds is 8. The van der Waals surface area contributed by atoms with Crippen molar-refractivity contribution in [2.24, 2.45) is 5.41 Å². The molecular formula is C18H33N3. The van der Waals surface area contributed by atoms with Gasteiger partial charge in [0, 0.05) is 25.8 Å². The van der Waals surface area contributed by atoms with Gasteiger partial charge in [0.05, 0.1) is 0 Å². The molecule has 0 radical (unpaired) electrons. The molecule has 0 saturated heterocycles. The number of aromatic nitrogens is 1. The SMILES string of the molecule is CCCNCc1cc(CCC)nc(N(C)CC(C)(C)C)c1. The van der Waals surface area contributed by atoms with Crippen LogP contribution in [0, 0.1) is 5.41 Å². The van der Waals surface area contributed by atoms with Gasteiger partial charge in [0.1, 0.15) is 5.82 Å². The van der Waals surface area contributed by atoms with E-state index in [0.29, 0.717) is 0 Å². The van der Waals surface area contributed by atoms with Crippen LogP contribution in [-0.2, 0) is 13.0 Å². The summed E-state index contributed by atoms with van der Waals surface area (Å²) < 4.78 is 0. The molecule has 1 aromatic heterocycles. The van der Waals surface area contributed by atoms with Gasteiger partial charge in [-0.3, -0.25) is 0 Å². The summed E-state index contributed by atoms with van der Waals surface area (Å²) in [6.45, 7) is 14.2. The summed E-state index contributed by atoms with van der Waals surface area (Å²) in [7, 11) is 2.15. The lowest BCUT2D eigenvalue weighted by molar-refractivity contribution is 0.417. The molecule has 3 heteroatoms. The molecule has 0 aliphatic carbocycles. The molecule has 0 aromatic carbocycles. The van der Waals surface area contributed by atoms with E-state index in [4.69, 9.17) is 4.98 Å². The summed E-state index contributed by atoms with van der Waals surface area (Å²) in [4.78, 5) is 7.11. The summed E-state index contributed by atoms with van der Waals surface area (Å²) >= 11 is 0. The third-order valence-corrected chi connectivity index (χ3v) is 3.29. The van der Waals surface area contributed by atoms with Crippen LogP contribution >= 0.6 is 0 Å². The Bertz CT molecular complexity index is 421. The Morgan fingerprint density at radius 1 is 1.14 bits per heavy atom. The van der Waals surface area contributed by atoms with E-state index in [1.165, 1.54) is 17.7 Å². The standard InChI is InChI=1S/C18H33N3/c1-7-9-16-11-15(13-19-10-8-2)12-17(20-16)21(6)14-18(3,4)5/h11-12,19H,7-10,13-14H2,1-6H3. The smallest absolute Gasteiger partial charge is 0.128 e. The van der Waals surface area contributed by atoms with Gasteiger partial charge < -0.3 is 10.2 Å². The van der Waals surface area contributed by atoms with Gasteiger partial charge in [0.2, 0.25) is 0 Å². The molecule has 0 amide bonds. The molecule has 0 bridgehead atoms. The fraction of sp³-hybridized carbons (Fsp3) is 0.722. The largest absolute Gasteiger partial charge is 0.359 e. The zero-order chi connectivity index (χ0) is 15.9. The van der Waals surface area contributed by atoms with E-state index in [1.807, 2.05) is 0 Å². The molecule has 0 aliphatic rings. The second-order valence-electron chi connectivity index (χ2n) is 7.17. The van der Waals surface area contributed by atoms with Crippen LogP contribution in [0.3, 0.4) is 0 Å². The molecule has 0 aliphatic heterocycles. The number of nitrogens with zero attached hydrogens (tertiary/aromatic N) is 2.